The van der Waals surface area contributed by atoms with Gasteiger partial charge in [-0.2, -0.15) is 0 Å². The van der Waals surface area contributed by atoms with Crippen molar-refractivity contribution in [2.75, 3.05) is 32.4 Å². The van der Waals surface area contributed by atoms with E-state index in [1.54, 1.807) is 19.2 Å². The van der Waals surface area contributed by atoms with Crippen molar-refractivity contribution >= 4 is 23.6 Å². The lowest BCUT2D eigenvalue weighted by atomic mass is 9.77. The summed E-state index contributed by atoms with van der Waals surface area (Å²) in [4.78, 5) is 33.7. The van der Waals surface area contributed by atoms with E-state index in [0.717, 1.165) is 37.4 Å². The maximum absolute atomic E-state index is 12.9. The largest absolute Gasteiger partial charge is 0.361 e. The van der Waals surface area contributed by atoms with Crippen molar-refractivity contribution in [3.8, 4) is 0 Å². The van der Waals surface area contributed by atoms with E-state index < -0.39 is 0 Å². The molecule has 1 spiro atoms. The van der Waals surface area contributed by atoms with Gasteiger partial charge in [-0.1, -0.05) is 5.16 Å². The average Bonchev–Trinajstić information content (AvgIpc) is 3.34. The summed E-state index contributed by atoms with van der Waals surface area (Å²) in [5, 5.41) is 4.62. The van der Waals surface area contributed by atoms with Gasteiger partial charge in [0.2, 0.25) is 0 Å². The Hall–Kier alpha value is -2.35. The van der Waals surface area contributed by atoms with Crippen LogP contribution in [0.3, 0.4) is 0 Å². The monoisotopic (exact) mass is 400 g/mol. The summed E-state index contributed by atoms with van der Waals surface area (Å²) >= 11 is 1.49. The highest BCUT2D eigenvalue weighted by atomic mass is 32.2. The summed E-state index contributed by atoms with van der Waals surface area (Å²) in [5.41, 5.74) is 1.15. The molecule has 0 unspecified atom stereocenters. The molecule has 0 aliphatic carbocycles. The number of carbonyl (C=O) groups excluding carboxylic acids is 2. The van der Waals surface area contributed by atoms with Crippen molar-refractivity contribution < 1.29 is 14.1 Å². The summed E-state index contributed by atoms with van der Waals surface area (Å²) in [7, 11) is 0. The molecule has 0 radical (unpaired) electrons. The molecule has 28 heavy (non-hydrogen) atoms. The molecule has 0 atom stereocenters. The number of thioether (sulfide) groups is 1. The predicted octanol–water partition coefficient (Wildman–Crippen LogP) is 2.87. The van der Waals surface area contributed by atoms with E-state index in [1.807, 2.05) is 28.2 Å². The van der Waals surface area contributed by atoms with Gasteiger partial charge in [0.15, 0.2) is 5.69 Å². The lowest BCUT2D eigenvalue weighted by molar-refractivity contribution is 0.0560. The first-order valence-electron chi connectivity index (χ1n) is 9.52. The number of likely N-dealkylation sites (tertiary alicyclic amines) is 2. The van der Waals surface area contributed by atoms with E-state index in [0.29, 0.717) is 30.1 Å². The van der Waals surface area contributed by atoms with Crippen molar-refractivity contribution in [3.05, 3.63) is 41.4 Å². The third-order valence-electron chi connectivity index (χ3n) is 5.88. The van der Waals surface area contributed by atoms with Gasteiger partial charge in [0, 0.05) is 38.4 Å². The smallest absolute Gasteiger partial charge is 0.276 e. The summed E-state index contributed by atoms with van der Waals surface area (Å²) in [6.45, 7) is 4.67. The third kappa shape index (κ3) is 3.53. The predicted molar refractivity (Wildman–Crippen MR) is 105 cm³/mol. The number of carbonyl (C=O) groups is 2. The molecular formula is C20H24N4O3S. The number of piperidine rings is 1. The molecule has 2 aromatic rings. The molecule has 0 N–H and O–H groups in total. The highest BCUT2D eigenvalue weighted by molar-refractivity contribution is 7.98. The Morgan fingerprint density at radius 1 is 1.14 bits per heavy atom. The molecule has 2 aliphatic heterocycles. The van der Waals surface area contributed by atoms with Gasteiger partial charge in [0.25, 0.3) is 11.8 Å². The maximum Gasteiger partial charge on any atom is 0.276 e. The fourth-order valence-electron chi connectivity index (χ4n) is 4.22. The second-order valence-electron chi connectivity index (χ2n) is 7.65. The average molecular weight is 401 g/mol. The number of aryl methyl sites for hydroxylation is 1. The van der Waals surface area contributed by atoms with Gasteiger partial charge >= 0.3 is 0 Å². The molecule has 2 saturated heterocycles. The topological polar surface area (TPSA) is 79.5 Å². The number of hydrogen-bond donors (Lipinski definition) is 0. The first kappa shape index (κ1) is 19.0. The molecule has 4 heterocycles. The highest BCUT2D eigenvalue weighted by Crippen LogP contribution is 2.41. The fourth-order valence-corrected chi connectivity index (χ4v) is 4.76. The molecule has 148 valence electrons. The van der Waals surface area contributed by atoms with Crippen LogP contribution >= 0.6 is 11.8 Å². The first-order chi connectivity index (χ1) is 13.5. The Labute approximate surface area is 168 Å². The third-order valence-corrected chi connectivity index (χ3v) is 6.59. The molecule has 0 bridgehead atoms. The van der Waals surface area contributed by atoms with Crippen molar-refractivity contribution in [2.45, 2.75) is 31.2 Å². The Morgan fingerprint density at radius 3 is 2.50 bits per heavy atom. The van der Waals surface area contributed by atoms with Crippen molar-refractivity contribution in [2.24, 2.45) is 5.41 Å². The van der Waals surface area contributed by atoms with Gasteiger partial charge in [-0.25, -0.2) is 4.98 Å². The van der Waals surface area contributed by atoms with Crippen LogP contribution in [0.2, 0.25) is 0 Å². The van der Waals surface area contributed by atoms with Gasteiger partial charge in [-0.05, 0) is 50.0 Å². The Morgan fingerprint density at radius 2 is 1.86 bits per heavy atom. The van der Waals surface area contributed by atoms with Gasteiger partial charge in [-0.3, -0.25) is 9.59 Å². The Bertz CT molecular complexity index is 889. The number of nitrogens with zero attached hydrogens (tertiary/aromatic N) is 4. The number of hydrogen-bond acceptors (Lipinski definition) is 6. The normalized spacial score (nSPS) is 18.6. The highest BCUT2D eigenvalue weighted by Gasteiger charge is 2.43. The zero-order valence-electron chi connectivity index (χ0n) is 16.2. The minimum absolute atomic E-state index is 0.0521. The summed E-state index contributed by atoms with van der Waals surface area (Å²) in [6, 6.07) is 5.34. The lowest BCUT2D eigenvalue weighted by Crippen LogP contribution is -2.44. The van der Waals surface area contributed by atoms with E-state index >= 15 is 0 Å². The van der Waals surface area contributed by atoms with Crippen LogP contribution in [0.15, 0.2) is 33.9 Å². The summed E-state index contributed by atoms with van der Waals surface area (Å²) < 4.78 is 5.04. The Balaban J connectivity index is 1.39. The van der Waals surface area contributed by atoms with Crippen LogP contribution in [0.25, 0.3) is 0 Å². The van der Waals surface area contributed by atoms with Crippen LogP contribution in [-0.4, -0.2) is 64.2 Å². The van der Waals surface area contributed by atoms with E-state index in [9.17, 15) is 9.59 Å². The van der Waals surface area contributed by atoms with Crippen molar-refractivity contribution in [1.82, 2.24) is 19.9 Å². The molecule has 7 nitrogen and oxygen atoms in total. The van der Waals surface area contributed by atoms with Crippen LogP contribution in [-0.2, 0) is 0 Å². The van der Waals surface area contributed by atoms with Gasteiger partial charge in [-0.15, -0.1) is 11.8 Å². The molecular weight excluding hydrogens is 376 g/mol. The quantitative estimate of drug-likeness (QED) is 0.737. The van der Waals surface area contributed by atoms with E-state index in [2.05, 4.69) is 10.1 Å². The Kier molecular flexibility index (Phi) is 5.14. The zero-order valence-corrected chi connectivity index (χ0v) is 17.0. The van der Waals surface area contributed by atoms with E-state index in [-0.39, 0.29) is 17.2 Å². The molecule has 2 aromatic heterocycles. The molecule has 2 fully saturated rings. The fraction of sp³-hybridized carbons (Fsp3) is 0.500. The van der Waals surface area contributed by atoms with Crippen LogP contribution in [0.4, 0.5) is 0 Å². The van der Waals surface area contributed by atoms with Crippen LogP contribution in [0, 0.1) is 12.3 Å². The molecule has 0 aromatic carbocycles. The summed E-state index contributed by atoms with van der Waals surface area (Å²) in [5.74, 6) is 0.632. The van der Waals surface area contributed by atoms with Crippen LogP contribution in [0.1, 0.15) is 45.9 Å². The number of rotatable bonds is 3. The van der Waals surface area contributed by atoms with Crippen LogP contribution in [0.5, 0.6) is 0 Å². The standard InChI is InChI=1S/C20H24N4O3S/c1-14-12-16(22-27-14)19(26)24-11-7-20(13-24)5-9-23(10-6-20)18(25)15-4-3-8-21-17(15)28-2/h3-4,8,12H,5-7,9-11,13H2,1-2H3. The molecule has 4 rings (SSSR count). The number of pyridine rings is 1. The lowest BCUT2D eigenvalue weighted by Gasteiger charge is -2.39. The number of amides is 2. The second-order valence-corrected chi connectivity index (χ2v) is 8.45. The first-order valence-corrected chi connectivity index (χ1v) is 10.7. The van der Waals surface area contributed by atoms with Gasteiger partial charge in [0.1, 0.15) is 10.8 Å². The zero-order chi connectivity index (χ0) is 19.7. The minimum atomic E-state index is -0.0628. The molecule has 0 saturated carbocycles. The van der Waals surface area contributed by atoms with Gasteiger partial charge in [0.05, 0.1) is 5.56 Å². The van der Waals surface area contributed by atoms with Crippen molar-refractivity contribution in [1.29, 1.82) is 0 Å². The maximum atomic E-state index is 12.9. The SMILES string of the molecule is CSc1ncccc1C(=O)N1CCC2(CCN(C(=O)c3cc(C)on3)C2)CC1. The molecule has 2 aliphatic rings. The number of aromatic nitrogens is 2. The summed E-state index contributed by atoms with van der Waals surface area (Å²) in [6.07, 6.45) is 6.45. The molecule has 2 amide bonds. The second kappa shape index (κ2) is 7.58. The van der Waals surface area contributed by atoms with E-state index in [4.69, 9.17) is 4.52 Å². The van der Waals surface area contributed by atoms with Gasteiger partial charge < -0.3 is 14.3 Å². The van der Waals surface area contributed by atoms with E-state index in [1.165, 1.54) is 11.8 Å². The van der Waals surface area contributed by atoms with Crippen molar-refractivity contribution in [3.63, 3.8) is 0 Å². The molecule has 8 heteroatoms. The minimum Gasteiger partial charge on any atom is -0.361 e. The van der Waals surface area contributed by atoms with Crippen LogP contribution < -0.4 is 0 Å².